The molecular formula is C17H13ClN2O4S. The highest BCUT2D eigenvalue weighted by Gasteiger charge is 2.21. The lowest BCUT2D eigenvalue weighted by molar-refractivity contribution is -0.385. The van der Waals surface area contributed by atoms with E-state index in [9.17, 15) is 23.8 Å². The van der Waals surface area contributed by atoms with Gasteiger partial charge in [0.05, 0.1) is 9.82 Å². The minimum absolute atomic E-state index is 0.0793. The number of allylic oxidation sites excluding steroid dienone is 1. The summed E-state index contributed by atoms with van der Waals surface area (Å²) in [7, 11) is -4.04. The molecule has 0 atom stereocenters. The summed E-state index contributed by atoms with van der Waals surface area (Å²) >= 11 is 5.74. The number of nitriles is 1. The second kappa shape index (κ2) is 7.47. The molecule has 0 aliphatic rings. The molecule has 0 fully saturated rings. The smallest absolute Gasteiger partial charge is 0.258 e. The van der Waals surface area contributed by atoms with E-state index in [1.165, 1.54) is 30.3 Å². The van der Waals surface area contributed by atoms with Crippen molar-refractivity contribution in [3.8, 4) is 6.07 Å². The molecule has 8 heteroatoms. The molecule has 0 radical (unpaired) electrons. The molecule has 6 nitrogen and oxygen atoms in total. The van der Waals surface area contributed by atoms with Crippen LogP contribution in [-0.2, 0) is 16.3 Å². The fourth-order valence-corrected chi connectivity index (χ4v) is 3.49. The van der Waals surface area contributed by atoms with Gasteiger partial charge in [0.2, 0.25) is 9.84 Å². The zero-order chi connectivity index (χ0) is 18.6. The first kappa shape index (κ1) is 18.6. The molecular weight excluding hydrogens is 364 g/mol. The number of halogens is 1. The van der Waals surface area contributed by atoms with Crippen molar-refractivity contribution in [2.45, 2.75) is 18.2 Å². The fourth-order valence-electron chi connectivity index (χ4n) is 2.20. The molecule has 0 aromatic heterocycles. The Morgan fingerprint density at radius 1 is 1.28 bits per heavy atom. The van der Waals surface area contributed by atoms with Gasteiger partial charge in [-0.2, -0.15) is 5.26 Å². The van der Waals surface area contributed by atoms with Gasteiger partial charge >= 0.3 is 0 Å². The van der Waals surface area contributed by atoms with Gasteiger partial charge in [-0.15, -0.1) is 0 Å². The van der Waals surface area contributed by atoms with Crippen molar-refractivity contribution in [1.29, 1.82) is 5.26 Å². The molecule has 0 aliphatic heterocycles. The lowest BCUT2D eigenvalue weighted by Crippen LogP contribution is -2.03. The fraction of sp³-hybridized carbons (Fsp3) is 0.118. The van der Waals surface area contributed by atoms with Crippen LogP contribution in [0.5, 0.6) is 0 Å². The zero-order valence-corrected chi connectivity index (χ0v) is 14.7. The quantitative estimate of drug-likeness (QED) is 0.443. The number of rotatable bonds is 5. The summed E-state index contributed by atoms with van der Waals surface area (Å²) in [6.45, 7) is 1.78. The van der Waals surface area contributed by atoms with Crippen LogP contribution in [0.3, 0.4) is 0 Å². The molecule has 0 amide bonds. The predicted octanol–water partition coefficient (Wildman–Crippen LogP) is 4.15. The molecule has 2 aromatic carbocycles. The lowest BCUT2D eigenvalue weighted by atomic mass is 10.1. The van der Waals surface area contributed by atoms with Crippen molar-refractivity contribution < 1.29 is 13.3 Å². The van der Waals surface area contributed by atoms with E-state index in [-0.39, 0.29) is 16.1 Å². The number of nitro groups is 1. The Morgan fingerprint density at radius 2 is 1.92 bits per heavy atom. The highest BCUT2D eigenvalue weighted by molar-refractivity contribution is 7.95. The Balaban J connectivity index is 2.54. The van der Waals surface area contributed by atoms with E-state index in [0.29, 0.717) is 17.0 Å². The maximum Gasteiger partial charge on any atom is 0.273 e. The summed E-state index contributed by atoms with van der Waals surface area (Å²) in [4.78, 5) is 10.0. The van der Waals surface area contributed by atoms with E-state index in [1.807, 2.05) is 0 Å². The molecule has 0 bridgehead atoms. The van der Waals surface area contributed by atoms with E-state index >= 15 is 0 Å². The summed E-state index contributed by atoms with van der Waals surface area (Å²) < 4.78 is 25.1. The van der Waals surface area contributed by atoms with E-state index in [0.717, 1.165) is 6.08 Å². The van der Waals surface area contributed by atoms with Gasteiger partial charge in [0.25, 0.3) is 5.69 Å². The van der Waals surface area contributed by atoms with Crippen LogP contribution in [0.4, 0.5) is 5.69 Å². The molecule has 0 N–H and O–H groups in total. The molecule has 0 saturated heterocycles. The van der Waals surface area contributed by atoms with Crippen LogP contribution >= 0.6 is 11.6 Å². The second-order valence-corrected chi connectivity index (χ2v) is 7.43. The van der Waals surface area contributed by atoms with Crippen LogP contribution in [-0.4, -0.2) is 13.3 Å². The molecule has 25 heavy (non-hydrogen) atoms. The Kier molecular flexibility index (Phi) is 5.57. The van der Waals surface area contributed by atoms with Crippen molar-refractivity contribution in [1.82, 2.24) is 0 Å². The largest absolute Gasteiger partial charge is 0.273 e. The van der Waals surface area contributed by atoms with Gasteiger partial charge in [0, 0.05) is 16.7 Å². The first-order valence-electron chi connectivity index (χ1n) is 7.19. The molecule has 128 valence electrons. The van der Waals surface area contributed by atoms with Crippen LogP contribution in [0.25, 0.3) is 6.08 Å². The van der Waals surface area contributed by atoms with Crippen LogP contribution < -0.4 is 0 Å². The van der Waals surface area contributed by atoms with Crippen LogP contribution in [0.1, 0.15) is 18.1 Å². The van der Waals surface area contributed by atoms with E-state index in [4.69, 9.17) is 11.6 Å². The number of nitro benzene ring substituents is 1. The van der Waals surface area contributed by atoms with Crippen molar-refractivity contribution in [2.24, 2.45) is 0 Å². The standard InChI is InChI=1S/C17H13ClN2O4S/c1-2-13-4-3-12(10-17(13)20(21)22)9-16(11-19)25(23,24)15-7-5-14(18)6-8-15/h3-10H,2H2,1H3/b16-9+. The third-order valence-corrected chi connectivity index (χ3v) is 5.44. The zero-order valence-electron chi connectivity index (χ0n) is 13.1. The summed E-state index contributed by atoms with van der Waals surface area (Å²) in [6.07, 6.45) is 1.59. The highest BCUT2D eigenvalue weighted by Crippen LogP contribution is 2.26. The lowest BCUT2D eigenvalue weighted by Gasteiger charge is -2.05. The second-order valence-electron chi connectivity index (χ2n) is 5.08. The minimum atomic E-state index is -4.04. The predicted molar refractivity (Wildman–Crippen MR) is 94.7 cm³/mol. The number of hydrogen-bond donors (Lipinski definition) is 0. The van der Waals surface area contributed by atoms with Crippen molar-refractivity contribution in [2.75, 3.05) is 0 Å². The average Bonchev–Trinajstić information content (AvgIpc) is 2.59. The Hall–Kier alpha value is -2.69. The van der Waals surface area contributed by atoms with E-state index < -0.39 is 19.7 Å². The Labute approximate surface area is 150 Å². The summed E-state index contributed by atoms with van der Waals surface area (Å²) in [5.41, 5.74) is 0.677. The maximum atomic E-state index is 12.6. The minimum Gasteiger partial charge on any atom is -0.258 e. The van der Waals surface area contributed by atoms with Crippen LogP contribution in [0.2, 0.25) is 5.02 Å². The average molecular weight is 377 g/mol. The van der Waals surface area contributed by atoms with Gasteiger partial charge in [0.15, 0.2) is 0 Å². The van der Waals surface area contributed by atoms with Gasteiger partial charge in [-0.25, -0.2) is 8.42 Å². The number of benzene rings is 2. The van der Waals surface area contributed by atoms with Crippen molar-refractivity contribution >= 4 is 33.2 Å². The van der Waals surface area contributed by atoms with E-state index in [2.05, 4.69) is 0 Å². The maximum absolute atomic E-state index is 12.6. The summed E-state index contributed by atoms with van der Waals surface area (Å²) in [5.74, 6) is 0. The number of aryl methyl sites for hydroxylation is 1. The topological polar surface area (TPSA) is 101 Å². The molecule has 0 unspecified atom stereocenters. The molecule has 0 heterocycles. The molecule has 0 aliphatic carbocycles. The summed E-state index contributed by atoms with van der Waals surface area (Å²) in [5, 5.41) is 20.8. The molecule has 0 spiro atoms. The molecule has 2 aromatic rings. The normalized spacial score (nSPS) is 11.8. The number of nitrogens with zero attached hydrogens (tertiary/aromatic N) is 2. The number of sulfone groups is 1. The highest BCUT2D eigenvalue weighted by atomic mass is 35.5. The van der Waals surface area contributed by atoms with Gasteiger partial charge in [0.1, 0.15) is 11.0 Å². The third-order valence-electron chi connectivity index (χ3n) is 3.51. The van der Waals surface area contributed by atoms with Gasteiger partial charge in [-0.1, -0.05) is 30.7 Å². The van der Waals surface area contributed by atoms with Gasteiger partial charge in [-0.3, -0.25) is 10.1 Å². The monoisotopic (exact) mass is 376 g/mol. The molecule has 0 saturated carbocycles. The number of hydrogen-bond acceptors (Lipinski definition) is 5. The van der Waals surface area contributed by atoms with Crippen molar-refractivity contribution in [3.05, 3.63) is 73.6 Å². The van der Waals surface area contributed by atoms with Crippen molar-refractivity contribution in [3.63, 3.8) is 0 Å². The Morgan fingerprint density at radius 3 is 2.44 bits per heavy atom. The SMILES string of the molecule is CCc1ccc(/C=C(\C#N)S(=O)(=O)c2ccc(Cl)cc2)cc1[N+](=O)[O-]. The van der Waals surface area contributed by atoms with Crippen LogP contribution in [0.15, 0.2) is 52.3 Å². The Bertz CT molecular complexity index is 990. The first-order chi connectivity index (χ1) is 11.8. The summed E-state index contributed by atoms with van der Waals surface area (Å²) in [6, 6.07) is 11.4. The first-order valence-corrected chi connectivity index (χ1v) is 9.05. The third kappa shape index (κ3) is 4.05. The van der Waals surface area contributed by atoms with Gasteiger partial charge in [-0.05, 0) is 42.3 Å². The molecule has 2 rings (SSSR count). The van der Waals surface area contributed by atoms with Gasteiger partial charge < -0.3 is 0 Å². The van der Waals surface area contributed by atoms with E-state index in [1.54, 1.807) is 25.1 Å². The van der Waals surface area contributed by atoms with Crippen LogP contribution in [0, 0.1) is 21.4 Å².